The van der Waals surface area contributed by atoms with Gasteiger partial charge in [-0.2, -0.15) is 8.78 Å². The number of aromatic amines is 2. The Morgan fingerprint density at radius 1 is 1.07 bits per heavy atom. The van der Waals surface area contributed by atoms with Gasteiger partial charge in [0.2, 0.25) is 0 Å². The minimum atomic E-state index is -2.91. The van der Waals surface area contributed by atoms with Crippen molar-refractivity contribution >= 4 is 34.7 Å². The highest BCUT2D eigenvalue weighted by atomic mass is 19.3. The Morgan fingerprint density at radius 2 is 1.79 bits per heavy atom. The molecule has 0 radical (unpaired) electrons. The van der Waals surface area contributed by atoms with Crippen molar-refractivity contribution in [3.8, 4) is 5.75 Å². The summed E-state index contributed by atoms with van der Waals surface area (Å²) in [6, 6.07) is 10.4. The molecule has 0 aliphatic heterocycles. The molecule has 0 fully saturated rings. The molecule has 3 aromatic rings. The molecular weight excluding hydrogens is 388 g/mol. The number of aromatic nitrogens is 2. The standard InChI is InChI=1S/C19H15F2N3O5/c20-18(21)29-13-5-1-11(2-6-13)3-8-17(26)28-10-16(25)22-12-4-7-14-15(9-12)24-19(27)23-14/h1-9,18H,10H2,(H,22,25)(H2,23,24,27)/b8-3+. The lowest BCUT2D eigenvalue weighted by atomic mass is 10.2. The number of carbonyl (C=O) groups excluding carboxylic acids is 2. The maximum absolute atomic E-state index is 12.1. The number of ether oxygens (including phenoxy) is 2. The van der Waals surface area contributed by atoms with E-state index in [0.29, 0.717) is 22.3 Å². The molecule has 0 unspecified atom stereocenters. The number of amides is 1. The number of esters is 1. The highest BCUT2D eigenvalue weighted by Gasteiger charge is 2.07. The average Bonchev–Trinajstić information content (AvgIpc) is 3.04. The second-order valence-electron chi connectivity index (χ2n) is 5.78. The normalized spacial score (nSPS) is 11.1. The molecule has 1 heterocycles. The number of fused-ring (bicyclic) bond motifs is 1. The third-order valence-corrected chi connectivity index (χ3v) is 3.66. The monoisotopic (exact) mass is 403 g/mol. The summed E-state index contributed by atoms with van der Waals surface area (Å²) in [7, 11) is 0. The number of anilines is 1. The smallest absolute Gasteiger partial charge is 0.387 e. The zero-order chi connectivity index (χ0) is 20.8. The summed E-state index contributed by atoms with van der Waals surface area (Å²) in [6.07, 6.45) is 2.51. The van der Waals surface area contributed by atoms with Crippen LogP contribution in [0.15, 0.2) is 53.3 Å². The quantitative estimate of drug-likeness (QED) is 0.415. The number of nitrogens with one attached hydrogen (secondary N) is 3. The first kappa shape index (κ1) is 19.8. The Kier molecular flexibility index (Phi) is 6.03. The maximum atomic E-state index is 12.1. The first-order valence-corrected chi connectivity index (χ1v) is 8.31. The molecule has 0 saturated heterocycles. The van der Waals surface area contributed by atoms with Crippen LogP contribution in [0.1, 0.15) is 5.56 Å². The van der Waals surface area contributed by atoms with Gasteiger partial charge in [0, 0.05) is 11.8 Å². The molecule has 0 aliphatic carbocycles. The largest absolute Gasteiger partial charge is 0.452 e. The number of rotatable bonds is 7. The van der Waals surface area contributed by atoms with Crippen molar-refractivity contribution < 1.29 is 27.8 Å². The van der Waals surface area contributed by atoms with E-state index in [1.807, 2.05) is 0 Å². The molecule has 2 aromatic carbocycles. The summed E-state index contributed by atoms with van der Waals surface area (Å²) in [5, 5.41) is 2.54. The first-order valence-electron chi connectivity index (χ1n) is 8.31. The van der Waals surface area contributed by atoms with Gasteiger partial charge < -0.3 is 24.8 Å². The van der Waals surface area contributed by atoms with Crippen LogP contribution < -0.4 is 15.7 Å². The van der Waals surface area contributed by atoms with Crippen molar-refractivity contribution in [3.05, 3.63) is 64.6 Å². The van der Waals surface area contributed by atoms with Crippen LogP contribution in [0.4, 0.5) is 14.5 Å². The average molecular weight is 403 g/mol. The van der Waals surface area contributed by atoms with Crippen molar-refractivity contribution in [2.45, 2.75) is 6.61 Å². The van der Waals surface area contributed by atoms with Gasteiger partial charge in [-0.05, 0) is 42.0 Å². The van der Waals surface area contributed by atoms with E-state index in [0.717, 1.165) is 6.08 Å². The maximum Gasteiger partial charge on any atom is 0.387 e. The second-order valence-corrected chi connectivity index (χ2v) is 5.78. The molecule has 0 atom stereocenters. The molecule has 1 aromatic heterocycles. The van der Waals surface area contributed by atoms with Gasteiger partial charge in [0.1, 0.15) is 5.75 Å². The number of carbonyl (C=O) groups is 2. The van der Waals surface area contributed by atoms with Crippen molar-refractivity contribution in [1.29, 1.82) is 0 Å². The molecule has 0 spiro atoms. The van der Waals surface area contributed by atoms with Gasteiger partial charge in [0.25, 0.3) is 5.91 Å². The third-order valence-electron chi connectivity index (χ3n) is 3.66. The van der Waals surface area contributed by atoms with Crippen molar-refractivity contribution in [2.24, 2.45) is 0 Å². The lowest BCUT2D eigenvalue weighted by Crippen LogP contribution is -2.20. The van der Waals surface area contributed by atoms with Crippen molar-refractivity contribution in [3.63, 3.8) is 0 Å². The zero-order valence-corrected chi connectivity index (χ0v) is 14.8. The van der Waals surface area contributed by atoms with Crippen LogP contribution in [0, 0.1) is 0 Å². The zero-order valence-electron chi connectivity index (χ0n) is 14.8. The van der Waals surface area contributed by atoms with Gasteiger partial charge >= 0.3 is 18.3 Å². The van der Waals surface area contributed by atoms with Gasteiger partial charge in [0.05, 0.1) is 11.0 Å². The molecule has 1 amide bonds. The number of H-pyrrole nitrogens is 2. The van der Waals surface area contributed by atoms with E-state index in [-0.39, 0.29) is 11.4 Å². The first-order chi connectivity index (χ1) is 13.9. The predicted molar refractivity (Wildman–Crippen MR) is 101 cm³/mol. The Balaban J connectivity index is 1.48. The van der Waals surface area contributed by atoms with E-state index in [4.69, 9.17) is 4.74 Å². The Bertz CT molecular complexity index is 1100. The summed E-state index contributed by atoms with van der Waals surface area (Å²) < 4.78 is 33.2. The summed E-state index contributed by atoms with van der Waals surface area (Å²) in [5.74, 6) is -1.31. The van der Waals surface area contributed by atoms with Crippen LogP contribution in [-0.2, 0) is 14.3 Å². The molecule has 3 rings (SSSR count). The molecule has 0 bridgehead atoms. The Morgan fingerprint density at radius 3 is 2.52 bits per heavy atom. The predicted octanol–water partition coefficient (Wildman–Crippen LogP) is 2.65. The summed E-state index contributed by atoms with van der Waals surface area (Å²) >= 11 is 0. The van der Waals surface area contributed by atoms with Crippen LogP contribution in [0.3, 0.4) is 0 Å². The van der Waals surface area contributed by atoms with E-state index in [1.54, 1.807) is 18.2 Å². The molecule has 10 heteroatoms. The lowest BCUT2D eigenvalue weighted by molar-refractivity contribution is -0.142. The molecule has 3 N–H and O–H groups in total. The summed E-state index contributed by atoms with van der Waals surface area (Å²) in [6.45, 7) is -3.42. The fraction of sp³-hybridized carbons (Fsp3) is 0.105. The van der Waals surface area contributed by atoms with Crippen LogP contribution in [0.5, 0.6) is 5.75 Å². The van der Waals surface area contributed by atoms with E-state index in [9.17, 15) is 23.2 Å². The fourth-order valence-corrected chi connectivity index (χ4v) is 2.42. The van der Waals surface area contributed by atoms with Crippen molar-refractivity contribution in [1.82, 2.24) is 9.97 Å². The number of hydrogen-bond acceptors (Lipinski definition) is 5. The SMILES string of the molecule is O=C(COC(=O)/C=C/c1ccc(OC(F)F)cc1)Nc1ccc2[nH]c(=O)[nH]c2c1. The summed E-state index contributed by atoms with van der Waals surface area (Å²) in [4.78, 5) is 40.0. The number of benzene rings is 2. The minimum absolute atomic E-state index is 0.00157. The third kappa shape index (κ3) is 5.76. The summed E-state index contributed by atoms with van der Waals surface area (Å²) in [5.41, 5.74) is 1.74. The van der Waals surface area contributed by atoms with Gasteiger partial charge in [-0.25, -0.2) is 9.59 Å². The van der Waals surface area contributed by atoms with E-state index >= 15 is 0 Å². The van der Waals surface area contributed by atoms with E-state index < -0.39 is 25.1 Å². The van der Waals surface area contributed by atoms with E-state index in [2.05, 4.69) is 20.0 Å². The molecule has 29 heavy (non-hydrogen) atoms. The fourth-order valence-electron chi connectivity index (χ4n) is 2.42. The van der Waals surface area contributed by atoms with Crippen LogP contribution in [-0.4, -0.2) is 35.1 Å². The van der Waals surface area contributed by atoms with Crippen LogP contribution in [0.2, 0.25) is 0 Å². The number of alkyl halides is 2. The highest BCUT2D eigenvalue weighted by molar-refractivity contribution is 5.96. The lowest BCUT2D eigenvalue weighted by Gasteiger charge is -2.05. The van der Waals surface area contributed by atoms with Gasteiger partial charge in [-0.1, -0.05) is 12.1 Å². The molecule has 8 nitrogen and oxygen atoms in total. The van der Waals surface area contributed by atoms with Gasteiger partial charge in [-0.3, -0.25) is 4.79 Å². The van der Waals surface area contributed by atoms with Crippen LogP contribution in [0.25, 0.3) is 17.1 Å². The second kappa shape index (κ2) is 8.83. The minimum Gasteiger partial charge on any atom is -0.452 e. The topological polar surface area (TPSA) is 113 Å². The Labute approximate surface area is 162 Å². The molecule has 150 valence electrons. The molecule has 0 saturated carbocycles. The van der Waals surface area contributed by atoms with Crippen LogP contribution >= 0.6 is 0 Å². The highest BCUT2D eigenvalue weighted by Crippen LogP contribution is 2.16. The van der Waals surface area contributed by atoms with Gasteiger partial charge in [-0.15, -0.1) is 0 Å². The van der Waals surface area contributed by atoms with Gasteiger partial charge in [0.15, 0.2) is 6.61 Å². The number of imidazole rings is 1. The molecular formula is C19H15F2N3O5. The van der Waals surface area contributed by atoms with E-state index in [1.165, 1.54) is 30.3 Å². The Hall–Kier alpha value is -3.95. The molecule has 0 aliphatic rings. The number of hydrogen-bond donors (Lipinski definition) is 3. The number of halogens is 2. The van der Waals surface area contributed by atoms with Crippen molar-refractivity contribution in [2.75, 3.05) is 11.9 Å².